The second-order valence-electron chi connectivity index (χ2n) is 4.73. The summed E-state index contributed by atoms with van der Waals surface area (Å²) < 4.78 is 5.53. The van der Waals surface area contributed by atoms with Crippen LogP contribution < -0.4 is 10.6 Å². The summed E-state index contributed by atoms with van der Waals surface area (Å²) >= 11 is 0. The van der Waals surface area contributed by atoms with Crippen molar-refractivity contribution < 1.29 is 4.74 Å². The molecular formula is C15H28N4O. The third-order valence-electron chi connectivity index (χ3n) is 2.84. The smallest absolute Gasteiger partial charge is 0.132 e. The molecule has 0 amide bonds. The fourth-order valence-corrected chi connectivity index (χ4v) is 1.69. The minimum absolute atomic E-state index is 0.711. The third kappa shape index (κ3) is 6.70. The maximum atomic E-state index is 5.53. The number of aryl methyl sites for hydroxylation is 1. The van der Waals surface area contributed by atoms with E-state index in [1.165, 1.54) is 6.42 Å². The van der Waals surface area contributed by atoms with E-state index in [2.05, 4.69) is 41.4 Å². The van der Waals surface area contributed by atoms with Crippen molar-refractivity contribution in [3.63, 3.8) is 0 Å². The van der Waals surface area contributed by atoms with Crippen molar-refractivity contribution in [1.29, 1.82) is 0 Å². The Morgan fingerprint density at radius 3 is 2.25 bits per heavy atom. The van der Waals surface area contributed by atoms with Gasteiger partial charge in [-0.2, -0.15) is 0 Å². The molecule has 0 radical (unpaired) electrons. The predicted octanol–water partition coefficient (Wildman–Crippen LogP) is 3.09. The van der Waals surface area contributed by atoms with Crippen LogP contribution in [0.5, 0.6) is 0 Å². The van der Waals surface area contributed by atoms with Gasteiger partial charge >= 0.3 is 0 Å². The van der Waals surface area contributed by atoms with Crippen molar-refractivity contribution >= 4 is 11.6 Å². The maximum Gasteiger partial charge on any atom is 0.132 e. The van der Waals surface area contributed by atoms with Crippen molar-refractivity contribution in [3.8, 4) is 0 Å². The summed E-state index contributed by atoms with van der Waals surface area (Å²) in [6, 6.07) is 1.96. The highest BCUT2D eigenvalue weighted by Crippen LogP contribution is 2.11. The lowest BCUT2D eigenvalue weighted by Gasteiger charge is -2.10. The zero-order chi connectivity index (χ0) is 14.6. The molecule has 0 bridgehead atoms. The number of hydrogen-bond donors (Lipinski definition) is 2. The lowest BCUT2D eigenvalue weighted by molar-refractivity contribution is 0.141. The molecule has 0 saturated carbocycles. The molecular weight excluding hydrogens is 252 g/mol. The van der Waals surface area contributed by atoms with Crippen LogP contribution in [0.15, 0.2) is 6.07 Å². The van der Waals surface area contributed by atoms with Gasteiger partial charge in [0.1, 0.15) is 17.5 Å². The van der Waals surface area contributed by atoms with Crippen molar-refractivity contribution in [2.24, 2.45) is 0 Å². The quantitative estimate of drug-likeness (QED) is 0.610. The van der Waals surface area contributed by atoms with Crippen LogP contribution in [0, 0.1) is 0 Å². The van der Waals surface area contributed by atoms with Crippen LogP contribution in [0.25, 0.3) is 0 Å². The summed E-state index contributed by atoms with van der Waals surface area (Å²) in [5.41, 5.74) is 0. The number of unbranched alkanes of at least 4 members (excludes halogenated alkanes) is 1. The predicted molar refractivity (Wildman–Crippen MR) is 84.4 cm³/mol. The summed E-state index contributed by atoms with van der Waals surface area (Å²) in [4.78, 5) is 8.94. The molecule has 2 N–H and O–H groups in total. The van der Waals surface area contributed by atoms with Crippen molar-refractivity contribution in [3.05, 3.63) is 11.9 Å². The highest BCUT2D eigenvalue weighted by atomic mass is 16.5. The van der Waals surface area contributed by atoms with Crippen molar-refractivity contribution in [1.82, 2.24) is 9.97 Å². The Balaban J connectivity index is 2.42. The van der Waals surface area contributed by atoms with Crippen LogP contribution >= 0.6 is 0 Å². The highest BCUT2D eigenvalue weighted by Gasteiger charge is 2.02. The normalized spacial score (nSPS) is 10.6. The second kappa shape index (κ2) is 10.4. The molecule has 0 fully saturated rings. The molecule has 0 spiro atoms. The van der Waals surface area contributed by atoms with Gasteiger partial charge in [0, 0.05) is 32.2 Å². The Labute approximate surface area is 122 Å². The highest BCUT2D eigenvalue weighted by molar-refractivity contribution is 5.47. The zero-order valence-electron chi connectivity index (χ0n) is 13.0. The number of anilines is 2. The molecule has 20 heavy (non-hydrogen) atoms. The van der Waals surface area contributed by atoms with Gasteiger partial charge in [0.25, 0.3) is 0 Å². The van der Waals surface area contributed by atoms with E-state index in [-0.39, 0.29) is 0 Å². The monoisotopic (exact) mass is 280 g/mol. The molecule has 0 saturated heterocycles. The molecule has 5 heteroatoms. The van der Waals surface area contributed by atoms with Crippen molar-refractivity contribution in [2.45, 2.75) is 46.5 Å². The van der Waals surface area contributed by atoms with E-state index in [1.54, 1.807) is 0 Å². The first kappa shape index (κ1) is 16.7. The lowest BCUT2D eigenvalue weighted by atomic mass is 10.4. The van der Waals surface area contributed by atoms with Gasteiger partial charge in [-0.3, -0.25) is 0 Å². The average molecular weight is 280 g/mol. The first-order valence-electron chi connectivity index (χ1n) is 7.73. The van der Waals surface area contributed by atoms with Gasteiger partial charge < -0.3 is 15.4 Å². The number of hydrogen-bond acceptors (Lipinski definition) is 5. The third-order valence-corrected chi connectivity index (χ3v) is 2.84. The molecule has 0 aliphatic rings. The minimum Gasteiger partial charge on any atom is -0.380 e. The largest absolute Gasteiger partial charge is 0.380 e. The van der Waals surface area contributed by atoms with Gasteiger partial charge in [0.15, 0.2) is 0 Å². The lowest BCUT2D eigenvalue weighted by Crippen LogP contribution is -2.13. The second-order valence-corrected chi connectivity index (χ2v) is 4.73. The van der Waals surface area contributed by atoms with E-state index in [1.807, 2.05) is 6.07 Å². The molecule has 114 valence electrons. The van der Waals surface area contributed by atoms with E-state index >= 15 is 0 Å². The van der Waals surface area contributed by atoms with E-state index in [4.69, 9.17) is 4.74 Å². The number of nitrogens with one attached hydrogen (secondary N) is 2. The van der Waals surface area contributed by atoms with E-state index in [9.17, 15) is 0 Å². The van der Waals surface area contributed by atoms with Gasteiger partial charge in [-0.25, -0.2) is 9.97 Å². The molecule has 1 rings (SSSR count). The first-order chi connectivity index (χ1) is 9.80. The standard InChI is InChI=1S/C15H28N4O/c1-4-7-10-20-11-9-17-15-12-14(16-8-5-2)18-13(6-3)19-15/h12H,4-11H2,1-3H3,(H2,16,17,18,19). The van der Waals surface area contributed by atoms with Gasteiger partial charge in [-0.1, -0.05) is 27.2 Å². The fourth-order valence-electron chi connectivity index (χ4n) is 1.69. The van der Waals surface area contributed by atoms with E-state index in [0.29, 0.717) is 6.61 Å². The number of rotatable bonds is 11. The summed E-state index contributed by atoms with van der Waals surface area (Å²) in [5, 5.41) is 6.60. The molecule has 0 aliphatic carbocycles. The zero-order valence-corrected chi connectivity index (χ0v) is 13.0. The molecule has 1 heterocycles. The fraction of sp³-hybridized carbons (Fsp3) is 0.733. The van der Waals surface area contributed by atoms with E-state index in [0.717, 1.165) is 56.4 Å². The van der Waals surface area contributed by atoms with Gasteiger partial charge in [-0.05, 0) is 12.8 Å². The molecule has 0 unspecified atom stereocenters. The summed E-state index contributed by atoms with van der Waals surface area (Å²) in [5.74, 6) is 2.63. The topological polar surface area (TPSA) is 59.1 Å². The molecule has 0 atom stereocenters. The molecule has 5 nitrogen and oxygen atoms in total. The van der Waals surface area contributed by atoms with Crippen LogP contribution in [0.4, 0.5) is 11.6 Å². The van der Waals surface area contributed by atoms with Crippen LogP contribution in [0.1, 0.15) is 45.9 Å². The average Bonchev–Trinajstić information content (AvgIpc) is 2.48. The summed E-state index contributed by atoms with van der Waals surface area (Å²) in [6.07, 6.45) is 4.22. The van der Waals surface area contributed by atoms with Crippen LogP contribution in [0.2, 0.25) is 0 Å². The Bertz CT molecular complexity index is 371. The van der Waals surface area contributed by atoms with Crippen molar-refractivity contribution in [2.75, 3.05) is 36.9 Å². The Morgan fingerprint density at radius 2 is 1.65 bits per heavy atom. The number of aromatic nitrogens is 2. The Kier molecular flexibility index (Phi) is 8.71. The molecule has 1 aromatic rings. The first-order valence-corrected chi connectivity index (χ1v) is 7.73. The molecule has 0 aromatic carbocycles. The Morgan fingerprint density at radius 1 is 0.950 bits per heavy atom. The van der Waals surface area contributed by atoms with Gasteiger partial charge in [0.2, 0.25) is 0 Å². The Hall–Kier alpha value is -1.36. The summed E-state index contributed by atoms with van der Waals surface area (Å²) in [6.45, 7) is 9.63. The number of ether oxygens (including phenoxy) is 1. The molecule has 0 aliphatic heterocycles. The number of nitrogens with zero attached hydrogens (tertiary/aromatic N) is 2. The van der Waals surface area contributed by atoms with E-state index < -0.39 is 0 Å². The van der Waals surface area contributed by atoms with Gasteiger partial charge in [-0.15, -0.1) is 0 Å². The minimum atomic E-state index is 0.711. The maximum absolute atomic E-state index is 5.53. The van der Waals surface area contributed by atoms with Gasteiger partial charge in [0.05, 0.1) is 6.61 Å². The SMILES string of the molecule is CCCCOCCNc1cc(NCCC)nc(CC)n1. The van der Waals surface area contributed by atoms with Crippen LogP contribution in [-0.4, -0.2) is 36.3 Å². The molecule has 1 aromatic heterocycles. The van der Waals surface area contributed by atoms with Crippen LogP contribution in [-0.2, 0) is 11.2 Å². The van der Waals surface area contributed by atoms with Crippen LogP contribution in [0.3, 0.4) is 0 Å². The summed E-state index contributed by atoms with van der Waals surface area (Å²) in [7, 11) is 0.